The lowest BCUT2D eigenvalue weighted by Crippen LogP contribution is -2.18. The number of unbranched alkanes of at least 4 members (excludes halogenated alkanes) is 1. The fraction of sp³-hybridized carbons (Fsp3) is 1.00. The first kappa shape index (κ1) is 12.9. The average Bonchev–Trinajstić information content (AvgIpc) is 2.83. The van der Waals surface area contributed by atoms with Gasteiger partial charge in [0.25, 0.3) is 0 Å². The van der Waals surface area contributed by atoms with Gasteiger partial charge in [-0.15, -0.1) is 0 Å². The maximum atomic E-state index is 7.88. The van der Waals surface area contributed by atoms with Crippen molar-refractivity contribution >= 4 is 0 Å². The number of hydrogen-bond donors (Lipinski definition) is 2. The van der Waals surface area contributed by atoms with Gasteiger partial charge in [0.15, 0.2) is 0 Å². The van der Waals surface area contributed by atoms with Gasteiger partial charge in [-0.1, -0.05) is 27.2 Å². The van der Waals surface area contributed by atoms with Crippen LogP contribution in [0.4, 0.5) is 0 Å². The van der Waals surface area contributed by atoms with Gasteiger partial charge < -0.3 is 10.4 Å². The van der Waals surface area contributed by atoms with Gasteiger partial charge in [-0.25, -0.2) is 0 Å². The molecule has 0 heterocycles. The first-order chi connectivity index (χ1) is 6.26. The Hall–Kier alpha value is -0.0800. The van der Waals surface area contributed by atoms with Crippen LogP contribution in [-0.4, -0.2) is 24.3 Å². The first-order valence-electron chi connectivity index (χ1n) is 5.60. The Labute approximate surface area is 82.7 Å². The van der Waals surface area contributed by atoms with Crippen LogP contribution in [0, 0.1) is 5.92 Å². The molecule has 0 aliphatic heterocycles. The summed E-state index contributed by atoms with van der Waals surface area (Å²) in [6.07, 6.45) is 4.93. The van der Waals surface area contributed by atoms with Gasteiger partial charge in [0.05, 0.1) is 0 Å². The van der Waals surface area contributed by atoms with Crippen LogP contribution >= 0.6 is 0 Å². The van der Waals surface area contributed by atoms with E-state index in [0.29, 0.717) is 6.61 Å². The number of aliphatic hydroxyl groups excluding tert-OH is 1. The summed E-state index contributed by atoms with van der Waals surface area (Å²) in [4.78, 5) is 0. The third-order valence-corrected chi connectivity index (χ3v) is 2.27. The van der Waals surface area contributed by atoms with Gasteiger partial charge in [-0.05, 0) is 31.7 Å². The van der Waals surface area contributed by atoms with E-state index in [1.54, 1.807) is 0 Å². The SMILES string of the molecule is CCCCNC1CC1C.CCCO. The minimum absolute atomic E-state index is 0.319. The van der Waals surface area contributed by atoms with Crippen LogP contribution < -0.4 is 5.32 Å². The summed E-state index contributed by atoms with van der Waals surface area (Å²) in [6, 6.07) is 0.872. The van der Waals surface area contributed by atoms with Crippen molar-refractivity contribution in [3.05, 3.63) is 0 Å². The molecule has 2 N–H and O–H groups in total. The topological polar surface area (TPSA) is 32.3 Å². The Balaban J connectivity index is 0.000000310. The second-order valence-electron chi connectivity index (χ2n) is 3.85. The van der Waals surface area contributed by atoms with Gasteiger partial charge in [0.2, 0.25) is 0 Å². The van der Waals surface area contributed by atoms with Crippen LogP contribution in [0.25, 0.3) is 0 Å². The van der Waals surface area contributed by atoms with E-state index in [4.69, 9.17) is 5.11 Å². The highest BCUT2D eigenvalue weighted by Gasteiger charge is 2.31. The van der Waals surface area contributed by atoms with Crippen molar-refractivity contribution in [2.24, 2.45) is 5.92 Å². The zero-order chi connectivity index (χ0) is 10.1. The van der Waals surface area contributed by atoms with Crippen LogP contribution in [-0.2, 0) is 0 Å². The smallest absolute Gasteiger partial charge is 0.0428 e. The van der Waals surface area contributed by atoms with Crippen molar-refractivity contribution < 1.29 is 5.11 Å². The van der Waals surface area contributed by atoms with E-state index in [-0.39, 0.29) is 0 Å². The summed E-state index contributed by atoms with van der Waals surface area (Å²) >= 11 is 0. The minimum Gasteiger partial charge on any atom is -0.396 e. The molecule has 0 aromatic carbocycles. The molecule has 2 heteroatoms. The van der Waals surface area contributed by atoms with Crippen LogP contribution in [0.2, 0.25) is 0 Å². The number of aliphatic hydroxyl groups is 1. The van der Waals surface area contributed by atoms with Crippen molar-refractivity contribution in [3.8, 4) is 0 Å². The van der Waals surface area contributed by atoms with Gasteiger partial charge in [-0.3, -0.25) is 0 Å². The summed E-state index contributed by atoms with van der Waals surface area (Å²) < 4.78 is 0. The molecular weight excluding hydrogens is 162 g/mol. The number of rotatable bonds is 5. The van der Waals surface area contributed by atoms with E-state index in [9.17, 15) is 0 Å². The zero-order valence-corrected chi connectivity index (χ0v) is 9.34. The molecule has 0 saturated heterocycles. The Morgan fingerprint density at radius 1 is 1.31 bits per heavy atom. The molecule has 0 bridgehead atoms. The summed E-state index contributed by atoms with van der Waals surface area (Å²) in [6.45, 7) is 8.02. The molecule has 1 fully saturated rings. The van der Waals surface area contributed by atoms with E-state index in [1.165, 1.54) is 25.8 Å². The van der Waals surface area contributed by atoms with Crippen LogP contribution in [0.3, 0.4) is 0 Å². The van der Waals surface area contributed by atoms with E-state index < -0.39 is 0 Å². The van der Waals surface area contributed by atoms with Gasteiger partial charge >= 0.3 is 0 Å². The molecule has 80 valence electrons. The summed E-state index contributed by atoms with van der Waals surface area (Å²) in [5, 5.41) is 11.4. The lowest BCUT2D eigenvalue weighted by molar-refractivity contribution is 0.295. The lowest BCUT2D eigenvalue weighted by Gasteiger charge is -1.98. The molecule has 1 saturated carbocycles. The molecule has 1 aliphatic carbocycles. The molecule has 0 spiro atoms. The molecular formula is C11H25NO. The monoisotopic (exact) mass is 187 g/mol. The van der Waals surface area contributed by atoms with Crippen molar-refractivity contribution in [1.29, 1.82) is 0 Å². The molecule has 1 rings (SSSR count). The second kappa shape index (κ2) is 8.52. The zero-order valence-electron chi connectivity index (χ0n) is 9.34. The molecule has 0 aromatic heterocycles. The highest BCUT2D eigenvalue weighted by Crippen LogP contribution is 2.28. The molecule has 0 radical (unpaired) electrons. The molecule has 2 nitrogen and oxygen atoms in total. The lowest BCUT2D eigenvalue weighted by atomic mass is 10.3. The Morgan fingerprint density at radius 3 is 2.15 bits per heavy atom. The third-order valence-electron chi connectivity index (χ3n) is 2.27. The molecule has 13 heavy (non-hydrogen) atoms. The third kappa shape index (κ3) is 8.26. The highest BCUT2D eigenvalue weighted by atomic mass is 16.2. The summed E-state index contributed by atoms with van der Waals surface area (Å²) in [7, 11) is 0. The number of nitrogens with one attached hydrogen (secondary N) is 1. The van der Waals surface area contributed by atoms with E-state index in [2.05, 4.69) is 19.2 Å². The second-order valence-corrected chi connectivity index (χ2v) is 3.85. The van der Waals surface area contributed by atoms with Gasteiger partial charge in [0, 0.05) is 12.6 Å². The van der Waals surface area contributed by atoms with Crippen LogP contribution in [0.15, 0.2) is 0 Å². The number of hydrogen-bond acceptors (Lipinski definition) is 2. The first-order valence-corrected chi connectivity index (χ1v) is 5.60. The minimum atomic E-state index is 0.319. The fourth-order valence-corrected chi connectivity index (χ4v) is 1.07. The van der Waals surface area contributed by atoms with Gasteiger partial charge in [-0.2, -0.15) is 0 Å². The van der Waals surface area contributed by atoms with E-state index >= 15 is 0 Å². The predicted octanol–water partition coefficient (Wildman–Crippen LogP) is 2.17. The molecule has 2 atom stereocenters. The van der Waals surface area contributed by atoms with Gasteiger partial charge in [0.1, 0.15) is 0 Å². The fourth-order valence-electron chi connectivity index (χ4n) is 1.07. The standard InChI is InChI=1S/C8H17N.C3H8O/c1-3-4-5-9-8-6-7(8)2;1-2-3-4/h7-9H,3-6H2,1-2H3;4H,2-3H2,1H3. The Morgan fingerprint density at radius 2 is 1.85 bits per heavy atom. The van der Waals surface area contributed by atoms with Crippen molar-refractivity contribution in [1.82, 2.24) is 5.32 Å². The molecule has 0 aromatic rings. The van der Waals surface area contributed by atoms with Crippen molar-refractivity contribution in [2.45, 2.75) is 52.5 Å². The molecule has 0 amide bonds. The summed E-state index contributed by atoms with van der Waals surface area (Å²) in [5.41, 5.74) is 0. The van der Waals surface area contributed by atoms with Crippen LogP contribution in [0.5, 0.6) is 0 Å². The quantitative estimate of drug-likeness (QED) is 0.647. The largest absolute Gasteiger partial charge is 0.396 e. The van der Waals surface area contributed by atoms with Crippen molar-refractivity contribution in [2.75, 3.05) is 13.2 Å². The van der Waals surface area contributed by atoms with Crippen LogP contribution in [0.1, 0.15) is 46.5 Å². The average molecular weight is 187 g/mol. The van der Waals surface area contributed by atoms with Crippen molar-refractivity contribution in [3.63, 3.8) is 0 Å². The maximum Gasteiger partial charge on any atom is 0.0428 e. The highest BCUT2D eigenvalue weighted by molar-refractivity contribution is 4.89. The Bertz CT molecular complexity index is 104. The predicted molar refractivity (Wildman–Crippen MR) is 57.9 cm³/mol. The summed E-state index contributed by atoms with van der Waals surface area (Å²) in [5.74, 6) is 0.960. The van der Waals surface area contributed by atoms with E-state index in [1.807, 2.05) is 6.92 Å². The van der Waals surface area contributed by atoms with E-state index in [0.717, 1.165) is 18.4 Å². The molecule has 1 aliphatic rings. The Kier molecular flexibility index (Phi) is 8.46. The maximum absolute atomic E-state index is 7.88. The normalized spacial score (nSPS) is 24.9. The molecule has 2 unspecified atom stereocenters.